The Bertz CT molecular complexity index is 269. The maximum Gasteiger partial charge on any atom is 0.488 e. The van der Waals surface area contributed by atoms with Crippen molar-refractivity contribution in [2.24, 2.45) is 0 Å². The predicted molar refractivity (Wildman–Crippen MR) is 46.4 cm³/mol. The first-order chi connectivity index (χ1) is 5.74. The highest BCUT2D eigenvalue weighted by Crippen LogP contribution is 1.99. The van der Waals surface area contributed by atoms with E-state index < -0.39 is 7.12 Å². The van der Waals surface area contributed by atoms with Crippen LogP contribution in [0.4, 0.5) is 4.39 Å². The summed E-state index contributed by atoms with van der Waals surface area (Å²) in [7, 11) is -1.46. The van der Waals surface area contributed by atoms with Gasteiger partial charge in [-0.25, -0.2) is 4.39 Å². The van der Waals surface area contributed by atoms with E-state index in [1.165, 1.54) is 18.2 Å². The zero-order valence-corrected chi connectivity index (χ0v) is 6.31. The highest BCUT2D eigenvalue weighted by atomic mass is 19.1. The van der Waals surface area contributed by atoms with Crippen molar-refractivity contribution >= 4 is 18.7 Å². The zero-order valence-electron chi connectivity index (χ0n) is 6.31. The highest BCUT2D eigenvalue weighted by Gasteiger charge is 2.08. The Morgan fingerprint density at radius 3 is 2.17 bits per heavy atom. The minimum absolute atomic E-state index is 0.394. The SMILES string of the molecule is OB(O)c1ccc(C=CF)cc1. The molecule has 1 rings (SSSR count). The molecule has 0 saturated carbocycles. The van der Waals surface area contributed by atoms with Crippen molar-refractivity contribution in [3.63, 3.8) is 0 Å². The molecule has 0 heterocycles. The smallest absolute Gasteiger partial charge is 0.423 e. The van der Waals surface area contributed by atoms with Crippen molar-refractivity contribution in [2.45, 2.75) is 0 Å². The molecule has 4 heteroatoms. The average Bonchev–Trinajstić information content (AvgIpc) is 2.06. The Kier molecular flexibility index (Phi) is 3.02. The molecule has 0 unspecified atom stereocenters. The fourth-order valence-corrected chi connectivity index (χ4v) is 0.852. The Morgan fingerprint density at radius 1 is 1.17 bits per heavy atom. The molecule has 0 bridgehead atoms. The minimum Gasteiger partial charge on any atom is -0.423 e. The van der Waals surface area contributed by atoms with Crippen molar-refractivity contribution in [3.8, 4) is 0 Å². The Balaban J connectivity index is 2.85. The Labute approximate surface area is 70.1 Å². The van der Waals surface area contributed by atoms with Gasteiger partial charge in [0.05, 0.1) is 6.33 Å². The second-order valence-electron chi connectivity index (χ2n) is 2.33. The van der Waals surface area contributed by atoms with Crippen LogP contribution in [0, 0.1) is 0 Å². The number of rotatable bonds is 2. The van der Waals surface area contributed by atoms with E-state index in [1.807, 2.05) is 0 Å². The lowest BCUT2D eigenvalue weighted by molar-refractivity contribution is 0.426. The van der Waals surface area contributed by atoms with Gasteiger partial charge in [-0.15, -0.1) is 0 Å². The third-order valence-electron chi connectivity index (χ3n) is 1.49. The molecule has 0 aromatic heterocycles. The molecule has 0 spiro atoms. The fraction of sp³-hybridized carbons (Fsp3) is 0. The van der Waals surface area contributed by atoms with Gasteiger partial charge >= 0.3 is 7.12 Å². The van der Waals surface area contributed by atoms with E-state index in [-0.39, 0.29) is 0 Å². The number of hydrogen-bond donors (Lipinski definition) is 2. The molecule has 0 aliphatic heterocycles. The van der Waals surface area contributed by atoms with Gasteiger partial charge in [-0.2, -0.15) is 0 Å². The first kappa shape index (κ1) is 8.97. The maximum atomic E-state index is 11.7. The van der Waals surface area contributed by atoms with Crippen molar-refractivity contribution in [3.05, 3.63) is 36.2 Å². The van der Waals surface area contributed by atoms with Gasteiger partial charge in [-0.05, 0) is 17.1 Å². The summed E-state index contributed by atoms with van der Waals surface area (Å²) in [5.41, 5.74) is 1.08. The number of benzene rings is 1. The van der Waals surface area contributed by atoms with Gasteiger partial charge in [0.2, 0.25) is 0 Å². The van der Waals surface area contributed by atoms with Gasteiger partial charge < -0.3 is 10.0 Å². The molecule has 0 aliphatic carbocycles. The molecule has 2 N–H and O–H groups in total. The molecule has 1 aromatic rings. The maximum absolute atomic E-state index is 11.7. The molecule has 0 amide bonds. The molecule has 0 radical (unpaired) electrons. The van der Waals surface area contributed by atoms with Crippen LogP contribution < -0.4 is 5.46 Å². The van der Waals surface area contributed by atoms with E-state index in [9.17, 15) is 4.39 Å². The van der Waals surface area contributed by atoms with Gasteiger partial charge in [0, 0.05) is 0 Å². The summed E-state index contributed by atoms with van der Waals surface area (Å²) in [6, 6.07) is 6.26. The van der Waals surface area contributed by atoms with Crippen LogP contribution in [0.25, 0.3) is 6.08 Å². The normalized spacial score (nSPS) is 10.6. The summed E-state index contributed by atoms with van der Waals surface area (Å²) in [4.78, 5) is 0. The first-order valence-corrected chi connectivity index (χ1v) is 3.47. The van der Waals surface area contributed by atoms with Crippen molar-refractivity contribution in [1.82, 2.24) is 0 Å². The molecule has 12 heavy (non-hydrogen) atoms. The monoisotopic (exact) mass is 166 g/mol. The molecular weight excluding hydrogens is 158 g/mol. The molecule has 62 valence electrons. The van der Waals surface area contributed by atoms with Gasteiger partial charge in [-0.1, -0.05) is 24.3 Å². The quantitative estimate of drug-likeness (QED) is 0.620. The molecule has 0 aliphatic rings. The Hall–Kier alpha value is -1.13. The number of halogens is 1. The molecule has 1 aromatic carbocycles. The van der Waals surface area contributed by atoms with Crippen LogP contribution >= 0.6 is 0 Å². The van der Waals surface area contributed by atoms with Crippen LogP contribution in [-0.2, 0) is 0 Å². The van der Waals surface area contributed by atoms with Crippen molar-refractivity contribution in [2.75, 3.05) is 0 Å². The van der Waals surface area contributed by atoms with Crippen LogP contribution in [-0.4, -0.2) is 17.2 Å². The van der Waals surface area contributed by atoms with E-state index >= 15 is 0 Å². The highest BCUT2D eigenvalue weighted by molar-refractivity contribution is 6.58. The summed E-state index contributed by atoms with van der Waals surface area (Å²) < 4.78 is 11.7. The van der Waals surface area contributed by atoms with Crippen molar-refractivity contribution in [1.29, 1.82) is 0 Å². The largest absolute Gasteiger partial charge is 0.488 e. The first-order valence-electron chi connectivity index (χ1n) is 3.47. The fourth-order valence-electron chi connectivity index (χ4n) is 0.852. The molecule has 2 nitrogen and oxygen atoms in total. The topological polar surface area (TPSA) is 40.5 Å². The lowest BCUT2D eigenvalue weighted by Crippen LogP contribution is -2.29. The van der Waals surface area contributed by atoms with E-state index in [0.29, 0.717) is 17.4 Å². The third-order valence-corrected chi connectivity index (χ3v) is 1.49. The van der Waals surface area contributed by atoms with Crippen LogP contribution in [0.1, 0.15) is 5.56 Å². The van der Waals surface area contributed by atoms with Gasteiger partial charge in [0.15, 0.2) is 0 Å². The lowest BCUT2D eigenvalue weighted by Gasteiger charge is -1.98. The summed E-state index contributed by atoms with van der Waals surface area (Å²) >= 11 is 0. The standard InChI is InChI=1S/C8H8BFO2/c10-6-5-7-1-3-8(4-2-7)9(11)12/h1-6,11-12H. The van der Waals surface area contributed by atoms with E-state index in [0.717, 1.165) is 0 Å². The van der Waals surface area contributed by atoms with Crippen LogP contribution in [0.5, 0.6) is 0 Å². The molecular formula is C8H8BFO2. The third kappa shape index (κ3) is 2.18. The lowest BCUT2D eigenvalue weighted by atomic mass is 9.80. The predicted octanol–water partition coefficient (Wildman–Crippen LogP) is 0.307. The zero-order chi connectivity index (χ0) is 8.97. The summed E-state index contributed by atoms with van der Waals surface area (Å²) in [6.45, 7) is 0. The van der Waals surface area contributed by atoms with Crippen LogP contribution in [0.2, 0.25) is 0 Å². The second-order valence-corrected chi connectivity index (χ2v) is 2.33. The van der Waals surface area contributed by atoms with Gasteiger partial charge in [-0.3, -0.25) is 0 Å². The van der Waals surface area contributed by atoms with E-state index in [2.05, 4.69) is 0 Å². The van der Waals surface area contributed by atoms with E-state index in [1.54, 1.807) is 12.1 Å². The van der Waals surface area contributed by atoms with Crippen LogP contribution in [0.15, 0.2) is 30.6 Å². The molecule has 0 fully saturated rings. The summed E-state index contributed by atoms with van der Waals surface area (Å²) in [6.07, 6.45) is 1.72. The second kappa shape index (κ2) is 4.04. The summed E-state index contributed by atoms with van der Waals surface area (Å²) in [5.74, 6) is 0. The number of hydrogen-bond acceptors (Lipinski definition) is 2. The molecule has 0 atom stereocenters. The van der Waals surface area contributed by atoms with Gasteiger partial charge in [0.25, 0.3) is 0 Å². The van der Waals surface area contributed by atoms with E-state index in [4.69, 9.17) is 10.0 Å². The van der Waals surface area contributed by atoms with Crippen LogP contribution in [0.3, 0.4) is 0 Å². The minimum atomic E-state index is -1.46. The molecule has 0 saturated heterocycles. The average molecular weight is 166 g/mol. The Morgan fingerprint density at radius 2 is 1.75 bits per heavy atom. The van der Waals surface area contributed by atoms with Crippen molar-refractivity contribution < 1.29 is 14.4 Å². The van der Waals surface area contributed by atoms with Gasteiger partial charge in [0.1, 0.15) is 0 Å². The summed E-state index contributed by atoms with van der Waals surface area (Å²) in [5, 5.41) is 17.4.